The van der Waals surface area contributed by atoms with Crippen LogP contribution in [-0.4, -0.2) is 92.3 Å². The number of methoxy groups -OCH3 is 1. The lowest BCUT2D eigenvalue weighted by Gasteiger charge is -2.39. The highest BCUT2D eigenvalue weighted by molar-refractivity contribution is 14.0. The van der Waals surface area contributed by atoms with Crippen LogP contribution in [0.1, 0.15) is 32.4 Å². The van der Waals surface area contributed by atoms with Crippen molar-refractivity contribution in [1.82, 2.24) is 20.0 Å². The number of fused-ring (bicyclic) bond motifs is 1. The lowest BCUT2D eigenvalue weighted by Crippen LogP contribution is -2.58. The minimum atomic E-state index is -0.478. The van der Waals surface area contributed by atoms with E-state index in [2.05, 4.69) is 41.3 Å². The van der Waals surface area contributed by atoms with Crippen molar-refractivity contribution in [2.24, 2.45) is 4.99 Å². The molecule has 0 bridgehead atoms. The van der Waals surface area contributed by atoms with E-state index in [0.29, 0.717) is 19.6 Å². The quantitative estimate of drug-likeness (QED) is 0.575. The maximum atomic E-state index is 12.4. The molecule has 2 atom stereocenters. The zero-order valence-electron chi connectivity index (χ0n) is 19.4. The van der Waals surface area contributed by atoms with Crippen LogP contribution in [0.25, 0.3) is 0 Å². The number of halogens is 1. The monoisotopic (exact) mass is 545 g/mol. The number of carbonyl (C=O) groups excluding carboxylic acids is 1. The number of rotatable bonds is 5. The Balaban J connectivity index is 0.00000341. The third-order valence-corrected chi connectivity index (χ3v) is 5.41. The molecule has 1 saturated heterocycles. The standard InChI is InChI=1S/C22H35N5O3.HI/c1-22(2,3)30-21(28)26-10-11-27-17(15-26)13-23-20(27)24-14-19(25(4)5)16-8-7-9-18(12-16)29-6;/h7-9,12,17,19H,10-11,13-15H2,1-6H3,(H,23,24);1H. The van der Waals surface area contributed by atoms with E-state index in [9.17, 15) is 4.79 Å². The molecular weight excluding hydrogens is 509 g/mol. The van der Waals surface area contributed by atoms with Gasteiger partial charge >= 0.3 is 6.09 Å². The second-order valence-electron chi connectivity index (χ2n) is 9.07. The Kier molecular flexibility index (Phi) is 8.82. The molecule has 31 heavy (non-hydrogen) atoms. The number of piperazine rings is 1. The van der Waals surface area contributed by atoms with Gasteiger partial charge in [0, 0.05) is 26.2 Å². The molecule has 1 aromatic carbocycles. The molecular formula is C22H36IN5O3. The molecule has 2 heterocycles. The fourth-order valence-electron chi connectivity index (χ4n) is 3.86. The third kappa shape index (κ3) is 6.61. The van der Waals surface area contributed by atoms with Crippen LogP contribution in [0.4, 0.5) is 4.79 Å². The Labute approximate surface area is 203 Å². The minimum absolute atomic E-state index is 0. The van der Waals surface area contributed by atoms with E-state index in [1.807, 2.05) is 32.9 Å². The van der Waals surface area contributed by atoms with Crippen LogP contribution in [0.5, 0.6) is 5.75 Å². The summed E-state index contributed by atoms with van der Waals surface area (Å²) in [6.45, 7) is 9.13. The Morgan fingerprint density at radius 2 is 2.06 bits per heavy atom. The topological polar surface area (TPSA) is 69.6 Å². The molecule has 174 valence electrons. The van der Waals surface area contributed by atoms with Gasteiger partial charge in [-0.25, -0.2) is 4.79 Å². The van der Waals surface area contributed by atoms with Crippen molar-refractivity contribution in [3.05, 3.63) is 29.8 Å². The smallest absolute Gasteiger partial charge is 0.410 e. The fourth-order valence-corrected chi connectivity index (χ4v) is 3.86. The van der Waals surface area contributed by atoms with Gasteiger partial charge in [0.25, 0.3) is 0 Å². The zero-order valence-corrected chi connectivity index (χ0v) is 21.8. The number of ether oxygens (including phenoxy) is 2. The summed E-state index contributed by atoms with van der Waals surface area (Å²) in [5.41, 5.74) is 0.714. The van der Waals surface area contributed by atoms with Gasteiger partial charge in [-0.2, -0.15) is 0 Å². The van der Waals surface area contributed by atoms with Gasteiger partial charge in [0.15, 0.2) is 5.96 Å². The van der Waals surface area contributed by atoms with Crippen LogP contribution < -0.4 is 10.1 Å². The number of nitrogens with zero attached hydrogens (tertiary/aromatic N) is 4. The molecule has 1 fully saturated rings. The lowest BCUT2D eigenvalue weighted by atomic mass is 10.1. The minimum Gasteiger partial charge on any atom is -0.497 e. The van der Waals surface area contributed by atoms with Gasteiger partial charge in [0.05, 0.1) is 25.7 Å². The predicted molar refractivity (Wildman–Crippen MR) is 133 cm³/mol. The van der Waals surface area contributed by atoms with E-state index in [-0.39, 0.29) is 42.2 Å². The number of likely N-dealkylation sites (N-methyl/N-ethyl adjacent to an activating group) is 1. The first kappa shape index (κ1) is 25.5. The van der Waals surface area contributed by atoms with Crippen LogP contribution in [0.2, 0.25) is 0 Å². The van der Waals surface area contributed by atoms with Gasteiger partial charge in [-0.15, -0.1) is 24.0 Å². The molecule has 8 nitrogen and oxygen atoms in total. The first-order valence-electron chi connectivity index (χ1n) is 10.5. The molecule has 1 amide bonds. The number of hydrogen-bond acceptors (Lipinski definition) is 7. The van der Waals surface area contributed by atoms with E-state index < -0.39 is 5.60 Å². The van der Waals surface area contributed by atoms with Crippen molar-refractivity contribution in [3.63, 3.8) is 0 Å². The Morgan fingerprint density at radius 3 is 2.71 bits per heavy atom. The second kappa shape index (κ2) is 10.7. The number of amides is 1. The van der Waals surface area contributed by atoms with E-state index in [1.165, 1.54) is 5.56 Å². The van der Waals surface area contributed by atoms with Crippen molar-refractivity contribution in [2.75, 3.05) is 53.9 Å². The Morgan fingerprint density at radius 1 is 1.32 bits per heavy atom. The van der Waals surface area contributed by atoms with Crippen LogP contribution in [0.15, 0.2) is 29.3 Å². The molecule has 9 heteroatoms. The number of carbonyl (C=O) groups is 1. The first-order chi connectivity index (χ1) is 14.2. The second-order valence-corrected chi connectivity index (χ2v) is 9.07. The highest BCUT2D eigenvalue weighted by Gasteiger charge is 2.36. The number of aliphatic imine (C=N–C) groups is 1. The lowest BCUT2D eigenvalue weighted by molar-refractivity contribution is 0.0137. The van der Waals surface area contributed by atoms with E-state index >= 15 is 0 Å². The van der Waals surface area contributed by atoms with Gasteiger partial charge < -0.3 is 29.5 Å². The summed E-state index contributed by atoms with van der Waals surface area (Å²) in [7, 11) is 5.84. The van der Waals surface area contributed by atoms with Crippen molar-refractivity contribution in [3.8, 4) is 5.75 Å². The molecule has 0 radical (unpaired) electrons. The molecule has 2 unspecified atom stereocenters. The molecule has 3 rings (SSSR count). The fraction of sp³-hybridized carbons (Fsp3) is 0.636. The van der Waals surface area contributed by atoms with Gasteiger partial charge in [-0.1, -0.05) is 12.1 Å². The number of nitrogens with one attached hydrogen (secondary N) is 1. The van der Waals surface area contributed by atoms with Gasteiger partial charge in [-0.05, 0) is 52.6 Å². The maximum absolute atomic E-state index is 12.4. The van der Waals surface area contributed by atoms with Crippen LogP contribution in [0.3, 0.4) is 0 Å². The molecule has 2 aliphatic rings. The molecule has 0 spiro atoms. The summed E-state index contributed by atoms with van der Waals surface area (Å²) in [4.78, 5) is 23.4. The summed E-state index contributed by atoms with van der Waals surface area (Å²) in [6, 6.07) is 8.55. The van der Waals surface area contributed by atoms with Crippen LogP contribution in [0, 0.1) is 0 Å². The van der Waals surface area contributed by atoms with Gasteiger partial charge in [-0.3, -0.25) is 4.99 Å². The van der Waals surface area contributed by atoms with Crippen molar-refractivity contribution in [2.45, 2.75) is 38.5 Å². The Bertz CT molecular complexity index is 781. The molecule has 0 saturated carbocycles. The average molecular weight is 545 g/mol. The number of hydrogen-bond donors (Lipinski definition) is 1. The van der Waals surface area contributed by atoms with Crippen LogP contribution >= 0.6 is 24.0 Å². The normalized spacial score (nSPS) is 19.3. The number of benzene rings is 1. The summed E-state index contributed by atoms with van der Waals surface area (Å²) in [5, 5.41) is 3.54. The Hall–Kier alpha value is -1.75. The number of guanidine groups is 1. The SMILES string of the molecule is COc1cccc(C(CNC2=NCC3CN(C(=O)OC(C)(C)C)CCN23)N(C)C)c1.I. The molecule has 1 aromatic rings. The first-order valence-corrected chi connectivity index (χ1v) is 10.5. The van der Waals surface area contributed by atoms with E-state index in [1.54, 1.807) is 12.0 Å². The van der Waals surface area contributed by atoms with Crippen LogP contribution in [-0.2, 0) is 4.74 Å². The van der Waals surface area contributed by atoms with Crippen molar-refractivity contribution >= 4 is 36.0 Å². The molecule has 1 N–H and O–H groups in total. The predicted octanol–water partition coefficient (Wildman–Crippen LogP) is 2.80. The summed E-state index contributed by atoms with van der Waals surface area (Å²) < 4.78 is 10.9. The molecule has 0 aliphatic carbocycles. The summed E-state index contributed by atoms with van der Waals surface area (Å²) in [6.07, 6.45) is -0.241. The third-order valence-electron chi connectivity index (χ3n) is 5.41. The maximum Gasteiger partial charge on any atom is 0.410 e. The average Bonchev–Trinajstić information content (AvgIpc) is 3.09. The molecule has 2 aliphatic heterocycles. The summed E-state index contributed by atoms with van der Waals surface area (Å²) in [5.74, 6) is 1.77. The highest BCUT2D eigenvalue weighted by Crippen LogP contribution is 2.23. The highest BCUT2D eigenvalue weighted by atomic mass is 127. The molecule has 0 aromatic heterocycles. The van der Waals surface area contributed by atoms with Gasteiger partial charge in [0.2, 0.25) is 0 Å². The van der Waals surface area contributed by atoms with Crippen molar-refractivity contribution in [1.29, 1.82) is 0 Å². The van der Waals surface area contributed by atoms with E-state index in [0.717, 1.165) is 24.8 Å². The summed E-state index contributed by atoms with van der Waals surface area (Å²) >= 11 is 0. The van der Waals surface area contributed by atoms with Crippen molar-refractivity contribution < 1.29 is 14.3 Å². The van der Waals surface area contributed by atoms with Gasteiger partial charge in [0.1, 0.15) is 11.4 Å². The zero-order chi connectivity index (χ0) is 21.9. The largest absolute Gasteiger partial charge is 0.497 e. The van der Waals surface area contributed by atoms with E-state index in [4.69, 9.17) is 14.5 Å².